The van der Waals surface area contributed by atoms with Crippen molar-refractivity contribution < 1.29 is 9.47 Å². The fourth-order valence-electron chi connectivity index (χ4n) is 2.19. The van der Waals surface area contributed by atoms with Gasteiger partial charge in [0.05, 0.1) is 25.9 Å². The summed E-state index contributed by atoms with van der Waals surface area (Å²) in [7, 11) is 0. The molecule has 3 unspecified atom stereocenters. The van der Waals surface area contributed by atoms with E-state index in [0.29, 0.717) is 12.0 Å². The second kappa shape index (κ2) is 4.57. The van der Waals surface area contributed by atoms with Crippen LogP contribution in [0.2, 0.25) is 0 Å². The average molecular weight is 200 g/mol. The van der Waals surface area contributed by atoms with E-state index >= 15 is 0 Å². The van der Waals surface area contributed by atoms with Gasteiger partial charge in [0.25, 0.3) is 0 Å². The molecule has 3 atom stereocenters. The molecule has 0 saturated carbocycles. The average Bonchev–Trinajstić information content (AvgIpc) is 2.52. The van der Waals surface area contributed by atoms with Crippen molar-refractivity contribution in [2.75, 3.05) is 39.5 Å². The first-order valence-corrected chi connectivity index (χ1v) is 5.43. The van der Waals surface area contributed by atoms with E-state index in [2.05, 4.69) is 11.8 Å². The van der Waals surface area contributed by atoms with Gasteiger partial charge in [0.15, 0.2) is 0 Å². The number of morpholine rings is 1. The zero-order valence-electron chi connectivity index (χ0n) is 8.82. The van der Waals surface area contributed by atoms with Gasteiger partial charge in [0.1, 0.15) is 0 Å². The van der Waals surface area contributed by atoms with Crippen LogP contribution in [-0.4, -0.2) is 56.5 Å². The number of ether oxygens (including phenoxy) is 2. The van der Waals surface area contributed by atoms with Crippen molar-refractivity contribution in [3.05, 3.63) is 0 Å². The molecule has 82 valence electrons. The third-order valence-corrected chi connectivity index (χ3v) is 3.07. The smallest absolute Gasteiger partial charge is 0.0674 e. The molecule has 2 fully saturated rings. The Labute approximate surface area is 85.3 Å². The number of hydrogen-bond donors (Lipinski definition) is 1. The largest absolute Gasteiger partial charge is 0.379 e. The molecule has 2 aliphatic heterocycles. The van der Waals surface area contributed by atoms with Crippen LogP contribution >= 0.6 is 0 Å². The van der Waals surface area contributed by atoms with E-state index < -0.39 is 0 Å². The Balaban J connectivity index is 1.78. The normalized spacial score (nSPS) is 40.3. The first-order valence-electron chi connectivity index (χ1n) is 5.43. The Hall–Kier alpha value is -0.160. The fraction of sp³-hybridized carbons (Fsp3) is 1.00. The molecule has 0 radical (unpaired) electrons. The molecule has 0 aromatic carbocycles. The maximum Gasteiger partial charge on any atom is 0.0674 e. The lowest BCUT2D eigenvalue weighted by molar-refractivity contribution is -0.0238. The van der Waals surface area contributed by atoms with Crippen molar-refractivity contribution >= 4 is 0 Å². The number of nitrogens with two attached hydrogens (primary N) is 1. The number of nitrogens with zero attached hydrogens (tertiary/aromatic N) is 1. The van der Waals surface area contributed by atoms with Crippen molar-refractivity contribution in [3.63, 3.8) is 0 Å². The third kappa shape index (κ3) is 2.45. The number of hydrogen-bond acceptors (Lipinski definition) is 4. The Morgan fingerprint density at radius 2 is 2.29 bits per heavy atom. The molecule has 0 spiro atoms. The maximum absolute atomic E-state index is 5.95. The van der Waals surface area contributed by atoms with Crippen molar-refractivity contribution in [1.82, 2.24) is 4.90 Å². The van der Waals surface area contributed by atoms with E-state index in [-0.39, 0.29) is 6.04 Å². The summed E-state index contributed by atoms with van der Waals surface area (Å²) in [5.74, 6) is 0.514. The summed E-state index contributed by atoms with van der Waals surface area (Å²) in [5.41, 5.74) is 5.95. The van der Waals surface area contributed by atoms with Gasteiger partial charge < -0.3 is 15.2 Å². The molecule has 2 N–H and O–H groups in total. The number of rotatable bonds is 2. The molecule has 4 heteroatoms. The molecule has 2 saturated heterocycles. The van der Waals surface area contributed by atoms with Crippen molar-refractivity contribution in [3.8, 4) is 0 Å². The molecule has 0 amide bonds. The SMILES string of the molecule is CC1CN(CC2COCC2N)CCO1. The van der Waals surface area contributed by atoms with Crippen molar-refractivity contribution in [2.45, 2.75) is 19.1 Å². The van der Waals surface area contributed by atoms with Gasteiger partial charge in [-0.3, -0.25) is 4.90 Å². The molecular weight excluding hydrogens is 180 g/mol. The molecular formula is C10H20N2O2. The fourth-order valence-corrected chi connectivity index (χ4v) is 2.19. The highest BCUT2D eigenvalue weighted by atomic mass is 16.5. The summed E-state index contributed by atoms with van der Waals surface area (Å²) in [5, 5.41) is 0. The third-order valence-electron chi connectivity index (χ3n) is 3.07. The van der Waals surface area contributed by atoms with E-state index in [1.165, 1.54) is 0 Å². The first kappa shape index (κ1) is 10.4. The summed E-state index contributed by atoms with van der Waals surface area (Å²) in [6, 6.07) is 0.230. The molecule has 0 aromatic heterocycles. The topological polar surface area (TPSA) is 47.7 Å². The van der Waals surface area contributed by atoms with Gasteiger partial charge in [-0.25, -0.2) is 0 Å². The minimum atomic E-state index is 0.230. The molecule has 4 nitrogen and oxygen atoms in total. The Morgan fingerprint density at radius 1 is 1.43 bits per heavy atom. The quantitative estimate of drug-likeness (QED) is 0.664. The van der Waals surface area contributed by atoms with Crippen molar-refractivity contribution in [1.29, 1.82) is 0 Å². The summed E-state index contributed by atoms with van der Waals surface area (Å²) in [6.45, 7) is 7.66. The Kier molecular flexibility index (Phi) is 3.38. The van der Waals surface area contributed by atoms with Gasteiger partial charge in [0.2, 0.25) is 0 Å². The minimum Gasteiger partial charge on any atom is -0.379 e. The van der Waals surface area contributed by atoms with Gasteiger partial charge in [-0.2, -0.15) is 0 Å². The van der Waals surface area contributed by atoms with Crippen LogP contribution in [0.4, 0.5) is 0 Å². The summed E-state index contributed by atoms with van der Waals surface area (Å²) in [6.07, 6.45) is 0.363. The van der Waals surface area contributed by atoms with Crippen LogP contribution in [0.5, 0.6) is 0 Å². The van der Waals surface area contributed by atoms with E-state index in [1.807, 2.05) is 0 Å². The highest BCUT2D eigenvalue weighted by Crippen LogP contribution is 2.15. The lowest BCUT2D eigenvalue weighted by Crippen LogP contribution is -2.46. The van der Waals surface area contributed by atoms with Crippen LogP contribution in [0.25, 0.3) is 0 Å². The highest BCUT2D eigenvalue weighted by molar-refractivity contribution is 4.82. The lowest BCUT2D eigenvalue weighted by Gasteiger charge is -2.33. The second-order valence-corrected chi connectivity index (χ2v) is 4.40. The molecule has 0 aromatic rings. The predicted molar refractivity (Wildman–Crippen MR) is 54.1 cm³/mol. The van der Waals surface area contributed by atoms with Crippen LogP contribution in [0.1, 0.15) is 6.92 Å². The van der Waals surface area contributed by atoms with Crippen LogP contribution < -0.4 is 5.73 Å². The second-order valence-electron chi connectivity index (χ2n) is 4.40. The summed E-state index contributed by atoms with van der Waals surface area (Å²) in [4.78, 5) is 2.44. The molecule has 14 heavy (non-hydrogen) atoms. The molecule has 0 bridgehead atoms. The van der Waals surface area contributed by atoms with Crippen LogP contribution in [0.15, 0.2) is 0 Å². The van der Waals surface area contributed by atoms with Crippen LogP contribution in [0, 0.1) is 5.92 Å². The van der Waals surface area contributed by atoms with Gasteiger partial charge in [-0.05, 0) is 6.92 Å². The summed E-state index contributed by atoms with van der Waals surface area (Å²) < 4.78 is 10.8. The van der Waals surface area contributed by atoms with E-state index in [0.717, 1.165) is 39.5 Å². The van der Waals surface area contributed by atoms with E-state index in [1.54, 1.807) is 0 Å². The molecule has 0 aliphatic carbocycles. The monoisotopic (exact) mass is 200 g/mol. The lowest BCUT2D eigenvalue weighted by atomic mass is 10.0. The molecule has 2 aliphatic rings. The predicted octanol–water partition coefficient (Wildman–Crippen LogP) is -0.319. The minimum absolute atomic E-state index is 0.230. The van der Waals surface area contributed by atoms with E-state index in [4.69, 9.17) is 15.2 Å². The van der Waals surface area contributed by atoms with Gasteiger partial charge in [-0.15, -0.1) is 0 Å². The van der Waals surface area contributed by atoms with E-state index in [9.17, 15) is 0 Å². The van der Waals surface area contributed by atoms with Crippen LogP contribution in [-0.2, 0) is 9.47 Å². The van der Waals surface area contributed by atoms with Crippen LogP contribution in [0.3, 0.4) is 0 Å². The Bertz CT molecular complexity index is 189. The highest BCUT2D eigenvalue weighted by Gasteiger charge is 2.28. The summed E-state index contributed by atoms with van der Waals surface area (Å²) >= 11 is 0. The standard InChI is InChI=1S/C10H20N2O2/c1-8-4-12(2-3-14-8)5-9-6-13-7-10(9)11/h8-10H,2-7,11H2,1H3. The zero-order chi connectivity index (χ0) is 9.97. The molecule has 2 heterocycles. The Morgan fingerprint density at radius 3 is 2.93 bits per heavy atom. The molecule has 2 rings (SSSR count). The van der Waals surface area contributed by atoms with Gasteiger partial charge >= 0.3 is 0 Å². The maximum atomic E-state index is 5.95. The van der Waals surface area contributed by atoms with Crippen molar-refractivity contribution in [2.24, 2.45) is 11.7 Å². The van der Waals surface area contributed by atoms with Gasteiger partial charge in [-0.1, -0.05) is 0 Å². The van der Waals surface area contributed by atoms with Gasteiger partial charge in [0, 0.05) is 31.6 Å². The zero-order valence-corrected chi connectivity index (χ0v) is 8.82. The first-order chi connectivity index (χ1) is 6.75.